The fraction of sp³-hybridized carbons (Fsp3) is 0.0435. The predicted molar refractivity (Wildman–Crippen MR) is 106 cm³/mol. The van der Waals surface area contributed by atoms with E-state index in [9.17, 15) is 18.0 Å². The molecule has 144 valence electrons. The van der Waals surface area contributed by atoms with Crippen LogP contribution in [0.3, 0.4) is 0 Å². The first kappa shape index (κ1) is 18.7. The molecule has 0 aliphatic carbocycles. The molecule has 0 bridgehead atoms. The molecule has 1 aromatic heterocycles. The highest BCUT2D eigenvalue weighted by Crippen LogP contribution is 2.31. The van der Waals surface area contributed by atoms with Crippen molar-refractivity contribution in [3.8, 4) is 28.3 Å². The second kappa shape index (κ2) is 7.39. The SMILES string of the molecule is O=c1cc(-c2ccccc2)nc(-c2ccccc2)n1-c1cccc(C(F)(F)F)c1. The molecule has 4 rings (SSSR count). The lowest BCUT2D eigenvalue weighted by Crippen LogP contribution is -2.22. The number of aromatic nitrogens is 2. The monoisotopic (exact) mass is 392 g/mol. The summed E-state index contributed by atoms with van der Waals surface area (Å²) in [5.74, 6) is 0.274. The minimum Gasteiger partial charge on any atom is -0.269 e. The molecule has 3 aromatic carbocycles. The normalized spacial score (nSPS) is 11.4. The van der Waals surface area contributed by atoms with Crippen LogP contribution in [0, 0.1) is 0 Å². The third-order valence-electron chi connectivity index (χ3n) is 4.45. The Labute approximate surface area is 164 Å². The summed E-state index contributed by atoms with van der Waals surface area (Å²) < 4.78 is 40.8. The van der Waals surface area contributed by atoms with Crippen molar-refractivity contribution < 1.29 is 13.2 Å². The van der Waals surface area contributed by atoms with Crippen molar-refractivity contribution in [2.24, 2.45) is 0 Å². The fourth-order valence-electron chi connectivity index (χ4n) is 3.09. The van der Waals surface area contributed by atoms with Crippen LogP contribution < -0.4 is 5.56 Å². The summed E-state index contributed by atoms with van der Waals surface area (Å²) >= 11 is 0. The maximum absolute atomic E-state index is 13.2. The molecule has 0 fully saturated rings. The summed E-state index contributed by atoms with van der Waals surface area (Å²) in [5, 5.41) is 0. The number of hydrogen-bond acceptors (Lipinski definition) is 2. The second-order valence-electron chi connectivity index (χ2n) is 6.42. The maximum Gasteiger partial charge on any atom is 0.416 e. The third-order valence-corrected chi connectivity index (χ3v) is 4.45. The molecule has 0 spiro atoms. The number of nitrogens with zero attached hydrogens (tertiary/aromatic N) is 2. The first-order valence-corrected chi connectivity index (χ1v) is 8.86. The molecule has 0 saturated heterocycles. The zero-order chi connectivity index (χ0) is 20.4. The molecular formula is C23H15F3N2O. The van der Waals surface area contributed by atoms with Gasteiger partial charge in [0, 0.05) is 17.2 Å². The van der Waals surface area contributed by atoms with E-state index in [1.54, 1.807) is 24.3 Å². The minimum atomic E-state index is -4.51. The highest BCUT2D eigenvalue weighted by atomic mass is 19.4. The van der Waals surface area contributed by atoms with E-state index in [-0.39, 0.29) is 11.5 Å². The van der Waals surface area contributed by atoms with Crippen molar-refractivity contribution in [1.82, 2.24) is 9.55 Å². The van der Waals surface area contributed by atoms with Crippen molar-refractivity contribution in [1.29, 1.82) is 0 Å². The number of halogens is 3. The van der Waals surface area contributed by atoms with Gasteiger partial charge >= 0.3 is 6.18 Å². The van der Waals surface area contributed by atoms with Gasteiger partial charge in [0.1, 0.15) is 5.82 Å². The van der Waals surface area contributed by atoms with Gasteiger partial charge in [-0.15, -0.1) is 0 Å². The van der Waals surface area contributed by atoms with Gasteiger partial charge in [0.25, 0.3) is 5.56 Å². The molecule has 1 heterocycles. The topological polar surface area (TPSA) is 34.9 Å². The Hall–Kier alpha value is -3.67. The van der Waals surface area contributed by atoms with Gasteiger partial charge in [-0.3, -0.25) is 9.36 Å². The van der Waals surface area contributed by atoms with Crippen molar-refractivity contribution in [2.45, 2.75) is 6.18 Å². The lowest BCUT2D eigenvalue weighted by atomic mass is 10.1. The van der Waals surface area contributed by atoms with E-state index in [0.717, 1.165) is 17.7 Å². The van der Waals surface area contributed by atoms with Crippen LogP contribution in [-0.2, 0) is 6.18 Å². The maximum atomic E-state index is 13.2. The van der Waals surface area contributed by atoms with Gasteiger partial charge < -0.3 is 0 Å². The van der Waals surface area contributed by atoms with E-state index >= 15 is 0 Å². The fourth-order valence-corrected chi connectivity index (χ4v) is 3.09. The summed E-state index contributed by atoms with van der Waals surface area (Å²) in [6.07, 6.45) is -4.51. The average Bonchev–Trinajstić information content (AvgIpc) is 2.74. The molecular weight excluding hydrogens is 377 g/mol. The first-order chi connectivity index (χ1) is 13.9. The van der Waals surface area contributed by atoms with Gasteiger partial charge in [-0.2, -0.15) is 13.2 Å². The van der Waals surface area contributed by atoms with E-state index < -0.39 is 17.3 Å². The Bertz CT molecular complexity index is 1200. The Morgan fingerprint density at radius 2 is 1.34 bits per heavy atom. The summed E-state index contributed by atoms with van der Waals surface area (Å²) in [4.78, 5) is 17.6. The van der Waals surface area contributed by atoms with Crippen LogP contribution in [0.5, 0.6) is 0 Å². The van der Waals surface area contributed by atoms with Gasteiger partial charge in [0.2, 0.25) is 0 Å². The van der Waals surface area contributed by atoms with Crippen LogP contribution in [-0.4, -0.2) is 9.55 Å². The Morgan fingerprint density at radius 3 is 1.97 bits per heavy atom. The highest BCUT2D eigenvalue weighted by molar-refractivity contribution is 5.65. The molecule has 6 heteroatoms. The third kappa shape index (κ3) is 3.82. The van der Waals surface area contributed by atoms with E-state index in [1.165, 1.54) is 22.8 Å². The first-order valence-electron chi connectivity index (χ1n) is 8.86. The smallest absolute Gasteiger partial charge is 0.269 e. The molecule has 0 radical (unpaired) electrons. The van der Waals surface area contributed by atoms with Crippen molar-refractivity contribution >= 4 is 0 Å². The molecule has 3 nitrogen and oxygen atoms in total. The van der Waals surface area contributed by atoms with Crippen molar-refractivity contribution in [3.63, 3.8) is 0 Å². The molecule has 0 saturated carbocycles. The molecule has 0 aliphatic heterocycles. The van der Waals surface area contributed by atoms with E-state index in [1.807, 2.05) is 36.4 Å². The van der Waals surface area contributed by atoms with Crippen molar-refractivity contribution in [2.75, 3.05) is 0 Å². The van der Waals surface area contributed by atoms with Gasteiger partial charge in [0.05, 0.1) is 16.9 Å². The summed E-state index contributed by atoms with van der Waals surface area (Å²) in [6.45, 7) is 0. The number of benzene rings is 3. The largest absolute Gasteiger partial charge is 0.416 e. The number of rotatable bonds is 3. The predicted octanol–water partition coefficient (Wildman–Crippen LogP) is 5.59. The second-order valence-corrected chi connectivity index (χ2v) is 6.42. The summed E-state index contributed by atoms with van der Waals surface area (Å²) in [6, 6.07) is 24.1. The van der Waals surface area contributed by atoms with Crippen LogP contribution in [0.15, 0.2) is 95.8 Å². The van der Waals surface area contributed by atoms with Crippen LogP contribution >= 0.6 is 0 Å². The standard InChI is InChI=1S/C23H15F3N2O/c24-23(25,26)18-12-7-13-19(14-18)28-21(29)15-20(16-8-3-1-4-9-16)27-22(28)17-10-5-2-6-11-17/h1-15H. The molecule has 0 unspecified atom stereocenters. The van der Waals surface area contributed by atoms with E-state index in [4.69, 9.17) is 0 Å². The summed E-state index contributed by atoms with van der Waals surface area (Å²) in [7, 11) is 0. The lowest BCUT2D eigenvalue weighted by Gasteiger charge is -2.15. The zero-order valence-corrected chi connectivity index (χ0v) is 15.1. The number of hydrogen-bond donors (Lipinski definition) is 0. The molecule has 0 N–H and O–H groups in total. The van der Waals surface area contributed by atoms with Crippen LogP contribution in [0.25, 0.3) is 28.3 Å². The Morgan fingerprint density at radius 1 is 0.724 bits per heavy atom. The highest BCUT2D eigenvalue weighted by Gasteiger charge is 2.30. The molecule has 29 heavy (non-hydrogen) atoms. The van der Waals surface area contributed by atoms with Gasteiger partial charge in [-0.25, -0.2) is 4.98 Å². The van der Waals surface area contributed by atoms with Crippen LogP contribution in [0.4, 0.5) is 13.2 Å². The zero-order valence-electron chi connectivity index (χ0n) is 15.1. The Balaban J connectivity index is 1.98. The van der Waals surface area contributed by atoms with Crippen LogP contribution in [0.1, 0.15) is 5.56 Å². The lowest BCUT2D eigenvalue weighted by molar-refractivity contribution is -0.137. The summed E-state index contributed by atoms with van der Waals surface area (Å²) in [5.41, 5.74) is 0.649. The van der Waals surface area contributed by atoms with E-state index in [0.29, 0.717) is 11.3 Å². The van der Waals surface area contributed by atoms with Gasteiger partial charge in [-0.05, 0) is 18.2 Å². The van der Waals surface area contributed by atoms with Gasteiger partial charge in [-0.1, -0.05) is 66.7 Å². The van der Waals surface area contributed by atoms with Crippen LogP contribution in [0.2, 0.25) is 0 Å². The molecule has 0 amide bonds. The quantitative estimate of drug-likeness (QED) is 0.456. The molecule has 0 atom stereocenters. The van der Waals surface area contributed by atoms with E-state index in [2.05, 4.69) is 4.98 Å². The van der Waals surface area contributed by atoms with Gasteiger partial charge in [0.15, 0.2) is 0 Å². The van der Waals surface area contributed by atoms with Crippen molar-refractivity contribution in [3.05, 3.63) is 107 Å². The molecule has 0 aliphatic rings. The molecule has 4 aromatic rings. The number of alkyl halides is 3. The average molecular weight is 392 g/mol. The minimum absolute atomic E-state index is 0.107. The Kier molecular flexibility index (Phi) is 4.76.